The highest BCUT2D eigenvalue weighted by Crippen LogP contribution is 2.19. The number of aromatic nitrogens is 2. The van der Waals surface area contributed by atoms with Gasteiger partial charge >= 0.3 is 0 Å². The standard InChI is InChI=1S/C21H18FN3O2/c22-17-8-2-1-6-15(17)12-20-24-18-9-3-4-10-19(18)25(20)14-21(26)23-13-16-7-5-11-27-16/h1-11H,12-14H2,(H,23,26). The van der Waals surface area contributed by atoms with Crippen molar-refractivity contribution in [3.63, 3.8) is 0 Å². The number of imidazole rings is 1. The monoisotopic (exact) mass is 363 g/mol. The van der Waals surface area contributed by atoms with Crippen LogP contribution < -0.4 is 5.32 Å². The average Bonchev–Trinajstić information content (AvgIpc) is 3.31. The van der Waals surface area contributed by atoms with Gasteiger partial charge in [0.15, 0.2) is 0 Å². The quantitative estimate of drug-likeness (QED) is 0.569. The number of hydrogen-bond donors (Lipinski definition) is 1. The van der Waals surface area contributed by atoms with Gasteiger partial charge in [-0.15, -0.1) is 0 Å². The van der Waals surface area contributed by atoms with Crippen LogP contribution in [-0.2, 0) is 24.3 Å². The third kappa shape index (κ3) is 3.74. The molecule has 2 heterocycles. The van der Waals surface area contributed by atoms with Crippen LogP contribution in [0, 0.1) is 5.82 Å². The number of halogens is 1. The molecule has 0 atom stereocenters. The fourth-order valence-electron chi connectivity index (χ4n) is 3.05. The molecule has 1 N–H and O–H groups in total. The lowest BCUT2D eigenvalue weighted by Crippen LogP contribution is -2.27. The van der Waals surface area contributed by atoms with Gasteiger partial charge in [0.1, 0.15) is 23.9 Å². The molecular formula is C21H18FN3O2. The summed E-state index contributed by atoms with van der Waals surface area (Å²) in [5.74, 6) is 0.891. The molecule has 0 fully saturated rings. The van der Waals surface area contributed by atoms with Gasteiger partial charge in [0.05, 0.1) is 23.8 Å². The first kappa shape index (κ1) is 17.0. The van der Waals surface area contributed by atoms with Crippen molar-refractivity contribution in [1.82, 2.24) is 14.9 Å². The molecule has 0 aliphatic heterocycles. The minimum atomic E-state index is -0.279. The van der Waals surface area contributed by atoms with Gasteiger partial charge in [-0.05, 0) is 35.9 Å². The third-order valence-electron chi connectivity index (χ3n) is 4.38. The van der Waals surface area contributed by atoms with Gasteiger partial charge in [0.25, 0.3) is 0 Å². The molecule has 0 unspecified atom stereocenters. The van der Waals surface area contributed by atoms with Gasteiger partial charge in [0, 0.05) is 6.42 Å². The van der Waals surface area contributed by atoms with Gasteiger partial charge in [-0.3, -0.25) is 4.79 Å². The summed E-state index contributed by atoms with van der Waals surface area (Å²) in [7, 11) is 0. The van der Waals surface area contributed by atoms with E-state index in [1.54, 1.807) is 36.6 Å². The summed E-state index contributed by atoms with van der Waals surface area (Å²) in [5.41, 5.74) is 2.17. The molecule has 5 nitrogen and oxygen atoms in total. The van der Waals surface area contributed by atoms with Crippen LogP contribution in [0.4, 0.5) is 4.39 Å². The summed E-state index contributed by atoms with van der Waals surface area (Å²) in [4.78, 5) is 17.1. The summed E-state index contributed by atoms with van der Waals surface area (Å²) in [6, 6.07) is 17.8. The Hall–Kier alpha value is -3.41. The number of nitrogens with one attached hydrogen (secondary N) is 1. The Morgan fingerprint density at radius 1 is 1.07 bits per heavy atom. The molecule has 0 saturated heterocycles. The van der Waals surface area contributed by atoms with Gasteiger partial charge in [-0.2, -0.15) is 0 Å². The fourth-order valence-corrected chi connectivity index (χ4v) is 3.05. The predicted molar refractivity (Wildman–Crippen MR) is 99.5 cm³/mol. The SMILES string of the molecule is O=C(Cn1c(Cc2ccccc2F)nc2ccccc21)NCc1ccco1. The minimum absolute atomic E-state index is 0.102. The van der Waals surface area contributed by atoms with E-state index in [-0.39, 0.29) is 18.3 Å². The maximum atomic E-state index is 14.1. The summed E-state index contributed by atoms with van der Waals surface area (Å²) >= 11 is 0. The molecule has 4 rings (SSSR count). The average molecular weight is 363 g/mol. The number of carbonyl (C=O) groups excluding carboxylic acids is 1. The number of nitrogens with zero attached hydrogens (tertiary/aromatic N) is 2. The van der Waals surface area contributed by atoms with Crippen molar-refractivity contribution in [2.24, 2.45) is 0 Å². The van der Waals surface area contributed by atoms with Crippen molar-refractivity contribution in [3.8, 4) is 0 Å². The molecule has 0 spiro atoms. The molecule has 6 heteroatoms. The second-order valence-corrected chi connectivity index (χ2v) is 6.23. The van der Waals surface area contributed by atoms with Crippen LogP contribution in [0.2, 0.25) is 0 Å². The zero-order valence-electron chi connectivity index (χ0n) is 14.6. The van der Waals surface area contributed by atoms with E-state index in [1.807, 2.05) is 28.8 Å². The van der Waals surface area contributed by atoms with E-state index in [0.29, 0.717) is 30.1 Å². The predicted octanol–water partition coefficient (Wildman–Crippen LogP) is 3.68. The fraction of sp³-hybridized carbons (Fsp3) is 0.143. The summed E-state index contributed by atoms with van der Waals surface area (Å²) in [6.45, 7) is 0.423. The molecule has 136 valence electrons. The highest BCUT2D eigenvalue weighted by atomic mass is 19.1. The minimum Gasteiger partial charge on any atom is -0.467 e. The Bertz CT molecular complexity index is 1070. The molecule has 0 aliphatic carbocycles. The van der Waals surface area contributed by atoms with Crippen LogP contribution in [-0.4, -0.2) is 15.5 Å². The first-order valence-corrected chi connectivity index (χ1v) is 8.67. The van der Waals surface area contributed by atoms with Gasteiger partial charge in [-0.1, -0.05) is 30.3 Å². The molecule has 0 radical (unpaired) electrons. The Morgan fingerprint density at radius 2 is 1.89 bits per heavy atom. The molecule has 0 aliphatic rings. The highest BCUT2D eigenvalue weighted by Gasteiger charge is 2.15. The van der Waals surface area contributed by atoms with Crippen molar-refractivity contribution in [2.75, 3.05) is 0 Å². The van der Waals surface area contributed by atoms with Crippen LogP contribution >= 0.6 is 0 Å². The van der Waals surface area contributed by atoms with Crippen LogP contribution in [0.1, 0.15) is 17.1 Å². The summed E-state index contributed by atoms with van der Waals surface area (Å²) in [5, 5.41) is 2.84. The van der Waals surface area contributed by atoms with E-state index < -0.39 is 0 Å². The van der Waals surface area contributed by atoms with Crippen molar-refractivity contribution in [2.45, 2.75) is 19.5 Å². The zero-order valence-corrected chi connectivity index (χ0v) is 14.6. The van der Waals surface area contributed by atoms with E-state index in [0.717, 1.165) is 11.0 Å². The maximum Gasteiger partial charge on any atom is 0.240 e. The Kier molecular flexibility index (Phi) is 4.70. The van der Waals surface area contributed by atoms with E-state index in [4.69, 9.17) is 4.42 Å². The number of benzene rings is 2. The summed E-state index contributed by atoms with van der Waals surface area (Å²) < 4.78 is 21.1. The highest BCUT2D eigenvalue weighted by molar-refractivity contribution is 5.81. The van der Waals surface area contributed by atoms with Gasteiger partial charge < -0.3 is 14.3 Å². The summed E-state index contributed by atoms with van der Waals surface area (Å²) in [6.07, 6.45) is 1.88. The number of rotatable bonds is 6. The van der Waals surface area contributed by atoms with E-state index in [1.165, 1.54) is 6.07 Å². The topological polar surface area (TPSA) is 60.1 Å². The van der Waals surface area contributed by atoms with Crippen LogP contribution in [0.25, 0.3) is 11.0 Å². The van der Waals surface area contributed by atoms with Crippen LogP contribution in [0.3, 0.4) is 0 Å². The normalized spacial score (nSPS) is 11.0. The number of carbonyl (C=O) groups is 1. The molecule has 2 aromatic carbocycles. The number of hydrogen-bond acceptors (Lipinski definition) is 3. The van der Waals surface area contributed by atoms with Crippen molar-refractivity contribution in [1.29, 1.82) is 0 Å². The lowest BCUT2D eigenvalue weighted by Gasteiger charge is -2.10. The number of fused-ring (bicyclic) bond motifs is 1. The lowest BCUT2D eigenvalue weighted by molar-refractivity contribution is -0.121. The Morgan fingerprint density at radius 3 is 2.70 bits per heavy atom. The van der Waals surface area contributed by atoms with E-state index in [9.17, 15) is 9.18 Å². The largest absolute Gasteiger partial charge is 0.467 e. The number of para-hydroxylation sites is 2. The second-order valence-electron chi connectivity index (χ2n) is 6.23. The van der Waals surface area contributed by atoms with Gasteiger partial charge in [-0.25, -0.2) is 9.37 Å². The van der Waals surface area contributed by atoms with E-state index >= 15 is 0 Å². The first-order chi connectivity index (χ1) is 13.2. The molecule has 0 saturated carbocycles. The molecule has 1 amide bonds. The first-order valence-electron chi connectivity index (χ1n) is 8.67. The second kappa shape index (κ2) is 7.45. The molecule has 0 bridgehead atoms. The van der Waals surface area contributed by atoms with Gasteiger partial charge in [0.2, 0.25) is 5.91 Å². The molecule has 2 aromatic heterocycles. The smallest absolute Gasteiger partial charge is 0.240 e. The van der Waals surface area contributed by atoms with Crippen molar-refractivity contribution < 1.29 is 13.6 Å². The van der Waals surface area contributed by atoms with Crippen LogP contribution in [0.15, 0.2) is 71.3 Å². The molecule has 4 aromatic rings. The van der Waals surface area contributed by atoms with E-state index in [2.05, 4.69) is 10.3 Å². The lowest BCUT2D eigenvalue weighted by atomic mass is 10.1. The number of amides is 1. The zero-order chi connectivity index (χ0) is 18.6. The maximum absolute atomic E-state index is 14.1. The molecular weight excluding hydrogens is 345 g/mol. The van der Waals surface area contributed by atoms with Crippen molar-refractivity contribution in [3.05, 3.63) is 89.9 Å². The Labute approximate surface area is 155 Å². The van der Waals surface area contributed by atoms with Crippen LogP contribution in [0.5, 0.6) is 0 Å². The Balaban J connectivity index is 1.60. The molecule has 27 heavy (non-hydrogen) atoms. The third-order valence-corrected chi connectivity index (χ3v) is 4.38. The number of furan rings is 1. The van der Waals surface area contributed by atoms with Crippen molar-refractivity contribution >= 4 is 16.9 Å².